The predicted molar refractivity (Wildman–Crippen MR) is 151 cm³/mol. The van der Waals surface area contributed by atoms with Crippen molar-refractivity contribution < 1.29 is 24.0 Å². The first-order valence-electron chi connectivity index (χ1n) is 11.8. The molecule has 0 spiro atoms. The standard InChI is InChI=1S/C27H25Cl2N3O6S/c1-30(2)12-13-31-22-11-6-17(28)14-23(22)39-25(16-4-8-19(37-3)9-5-16)24(26(31)33)38-27(34)20-10-7-18(32(35)36)15-21(20)29/h4-11,14-15,24-25H,12-13H2,1-3H3/t24-,25+/m1/s1. The number of ether oxygens (including phenoxy) is 2. The maximum atomic E-state index is 14.1. The van der Waals surface area contributed by atoms with Crippen LogP contribution >= 0.6 is 35.0 Å². The molecule has 0 bridgehead atoms. The van der Waals surface area contributed by atoms with Crippen molar-refractivity contribution in [1.29, 1.82) is 0 Å². The summed E-state index contributed by atoms with van der Waals surface area (Å²) in [5.41, 5.74) is 1.03. The quantitative estimate of drug-likeness (QED) is 0.182. The van der Waals surface area contributed by atoms with E-state index < -0.39 is 28.2 Å². The van der Waals surface area contributed by atoms with E-state index in [-0.39, 0.29) is 16.3 Å². The van der Waals surface area contributed by atoms with E-state index in [0.717, 1.165) is 22.6 Å². The van der Waals surface area contributed by atoms with Crippen LogP contribution in [-0.2, 0) is 9.53 Å². The van der Waals surface area contributed by atoms with Gasteiger partial charge in [0.15, 0.2) is 6.10 Å². The highest BCUT2D eigenvalue weighted by atomic mass is 35.5. The Kier molecular flexibility index (Phi) is 9.01. The smallest absolute Gasteiger partial charge is 0.340 e. The first-order chi connectivity index (χ1) is 18.6. The number of nitro groups is 1. The van der Waals surface area contributed by atoms with E-state index in [9.17, 15) is 19.7 Å². The van der Waals surface area contributed by atoms with Gasteiger partial charge in [-0.05, 0) is 56.1 Å². The average molecular weight is 590 g/mol. The molecule has 9 nitrogen and oxygen atoms in total. The van der Waals surface area contributed by atoms with Crippen LogP contribution in [0.4, 0.5) is 11.4 Å². The lowest BCUT2D eigenvalue weighted by atomic mass is 10.0. The highest BCUT2D eigenvalue weighted by molar-refractivity contribution is 7.99. The van der Waals surface area contributed by atoms with E-state index in [1.807, 2.05) is 31.1 Å². The predicted octanol–water partition coefficient (Wildman–Crippen LogP) is 5.88. The first kappa shape index (κ1) is 28.7. The summed E-state index contributed by atoms with van der Waals surface area (Å²) in [7, 11) is 5.35. The fourth-order valence-corrected chi connectivity index (χ4v) is 5.89. The van der Waals surface area contributed by atoms with Crippen molar-refractivity contribution in [2.75, 3.05) is 39.2 Å². The summed E-state index contributed by atoms with van der Waals surface area (Å²) in [6, 6.07) is 15.9. The second-order valence-corrected chi connectivity index (χ2v) is 11.0. The number of hydrogen-bond donors (Lipinski definition) is 0. The normalized spacial score (nSPS) is 17.0. The number of halogens is 2. The Labute approximate surface area is 239 Å². The van der Waals surface area contributed by atoms with Crippen molar-refractivity contribution >= 4 is 58.2 Å². The minimum absolute atomic E-state index is 0.0850. The number of hydrogen-bond acceptors (Lipinski definition) is 8. The molecular weight excluding hydrogens is 565 g/mol. The number of likely N-dealkylation sites (N-methyl/N-ethyl adjacent to an activating group) is 1. The summed E-state index contributed by atoms with van der Waals surface area (Å²) in [6.07, 6.45) is -1.25. The van der Waals surface area contributed by atoms with Gasteiger partial charge in [0.05, 0.1) is 33.6 Å². The van der Waals surface area contributed by atoms with Crippen LogP contribution in [0.5, 0.6) is 5.75 Å². The van der Waals surface area contributed by atoms with E-state index in [0.29, 0.717) is 29.5 Å². The Bertz CT molecular complexity index is 1400. The van der Waals surface area contributed by atoms with E-state index >= 15 is 0 Å². The summed E-state index contributed by atoms with van der Waals surface area (Å²) in [6.45, 7) is 0.892. The zero-order valence-electron chi connectivity index (χ0n) is 21.3. The molecule has 0 saturated carbocycles. The number of nitro benzene ring substituents is 1. The van der Waals surface area contributed by atoms with Crippen molar-refractivity contribution in [3.05, 3.63) is 92.0 Å². The summed E-state index contributed by atoms with van der Waals surface area (Å²) in [5, 5.41) is 10.8. The van der Waals surface area contributed by atoms with E-state index in [1.165, 1.54) is 17.8 Å². The van der Waals surface area contributed by atoms with Gasteiger partial charge in [0.25, 0.3) is 11.6 Å². The number of benzene rings is 3. The molecule has 0 aliphatic carbocycles. The van der Waals surface area contributed by atoms with Crippen LogP contribution in [0.3, 0.4) is 0 Å². The largest absolute Gasteiger partial charge is 0.497 e. The summed E-state index contributed by atoms with van der Waals surface area (Å²) in [5.74, 6) is -0.660. The van der Waals surface area contributed by atoms with Gasteiger partial charge in [-0.2, -0.15) is 0 Å². The molecule has 3 aromatic rings. The third kappa shape index (κ3) is 6.47. The molecule has 0 N–H and O–H groups in total. The number of esters is 1. The van der Waals surface area contributed by atoms with E-state index in [4.69, 9.17) is 32.7 Å². The molecule has 0 fully saturated rings. The van der Waals surface area contributed by atoms with E-state index in [1.54, 1.807) is 42.3 Å². The molecule has 3 aromatic carbocycles. The van der Waals surface area contributed by atoms with Crippen LogP contribution < -0.4 is 9.64 Å². The number of fused-ring (bicyclic) bond motifs is 1. The van der Waals surface area contributed by atoms with Gasteiger partial charge in [-0.1, -0.05) is 35.3 Å². The number of rotatable bonds is 8. The Balaban J connectivity index is 1.79. The SMILES string of the molecule is COc1ccc([C@@H]2Sc3cc(Cl)ccc3N(CCN(C)C)C(=O)[C@@H]2OC(=O)c2ccc([N+](=O)[O-])cc2Cl)cc1. The Morgan fingerprint density at radius 1 is 1.10 bits per heavy atom. The maximum absolute atomic E-state index is 14.1. The van der Waals surface area contributed by atoms with Gasteiger partial charge in [0, 0.05) is 35.1 Å². The van der Waals surface area contributed by atoms with Gasteiger partial charge in [-0.3, -0.25) is 14.9 Å². The van der Waals surface area contributed by atoms with Crippen LogP contribution in [0, 0.1) is 10.1 Å². The summed E-state index contributed by atoms with van der Waals surface area (Å²) in [4.78, 5) is 42.3. The summed E-state index contributed by atoms with van der Waals surface area (Å²) < 4.78 is 11.2. The second-order valence-electron chi connectivity index (χ2n) is 8.96. The van der Waals surface area contributed by atoms with Crippen LogP contribution in [-0.4, -0.2) is 62.1 Å². The highest BCUT2D eigenvalue weighted by Gasteiger charge is 2.41. The van der Waals surface area contributed by atoms with Crippen molar-refractivity contribution in [3.8, 4) is 5.75 Å². The monoisotopic (exact) mass is 589 g/mol. The average Bonchev–Trinajstić information content (AvgIpc) is 3.01. The molecule has 39 heavy (non-hydrogen) atoms. The van der Waals surface area contributed by atoms with Crippen molar-refractivity contribution in [2.24, 2.45) is 0 Å². The number of carbonyl (C=O) groups excluding carboxylic acids is 2. The minimum Gasteiger partial charge on any atom is -0.497 e. The van der Waals surface area contributed by atoms with Gasteiger partial charge >= 0.3 is 5.97 Å². The lowest BCUT2D eigenvalue weighted by molar-refractivity contribution is -0.384. The number of anilines is 1. The minimum atomic E-state index is -1.25. The van der Waals surface area contributed by atoms with Crippen LogP contribution in [0.2, 0.25) is 10.0 Å². The lowest BCUT2D eigenvalue weighted by Crippen LogP contribution is -2.45. The molecule has 1 aliphatic rings. The molecular formula is C27H25Cl2N3O6S. The van der Waals surface area contributed by atoms with Gasteiger partial charge in [0.2, 0.25) is 0 Å². The van der Waals surface area contributed by atoms with Crippen molar-refractivity contribution in [3.63, 3.8) is 0 Å². The molecule has 0 radical (unpaired) electrons. The Morgan fingerprint density at radius 2 is 1.82 bits per heavy atom. The highest BCUT2D eigenvalue weighted by Crippen LogP contribution is 2.48. The van der Waals surface area contributed by atoms with Gasteiger partial charge in [0.1, 0.15) is 5.75 Å². The Hall–Kier alpha value is -3.31. The second kappa shape index (κ2) is 12.3. The fourth-order valence-electron chi connectivity index (χ4n) is 4.05. The number of methoxy groups -OCH3 is 1. The van der Waals surface area contributed by atoms with Crippen molar-refractivity contribution in [2.45, 2.75) is 16.2 Å². The van der Waals surface area contributed by atoms with Crippen molar-refractivity contribution in [1.82, 2.24) is 4.90 Å². The molecule has 0 unspecified atom stereocenters. The molecule has 0 saturated heterocycles. The molecule has 2 atom stereocenters. The third-order valence-electron chi connectivity index (χ3n) is 6.08. The number of non-ortho nitro benzene ring substituents is 1. The zero-order valence-corrected chi connectivity index (χ0v) is 23.6. The fraction of sp³-hybridized carbons (Fsp3) is 0.259. The molecule has 1 heterocycles. The lowest BCUT2D eigenvalue weighted by Gasteiger charge is -2.28. The molecule has 1 aliphatic heterocycles. The third-order valence-corrected chi connectivity index (χ3v) is 7.99. The summed E-state index contributed by atoms with van der Waals surface area (Å²) >= 11 is 13.9. The molecule has 0 aromatic heterocycles. The molecule has 12 heteroatoms. The number of carbonyl (C=O) groups is 2. The Morgan fingerprint density at radius 3 is 2.44 bits per heavy atom. The molecule has 204 valence electrons. The van der Waals surface area contributed by atoms with Crippen LogP contribution in [0.25, 0.3) is 0 Å². The van der Waals surface area contributed by atoms with E-state index in [2.05, 4.69) is 0 Å². The first-order valence-corrected chi connectivity index (χ1v) is 13.4. The van der Waals surface area contributed by atoms with Crippen LogP contribution in [0.1, 0.15) is 21.2 Å². The zero-order chi connectivity index (χ0) is 28.3. The number of nitrogens with zero attached hydrogens (tertiary/aromatic N) is 3. The topological polar surface area (TPSA) is 102 Å². The number of amides is 1. The maximum Gasteiger partial charge on any atom is 0.340 e. The number of thioether (sulfide) groups is 1. The van der Waals surface area contributed by atoms with Gasteiger partial charge < -0.3 is 19.3 Å². The van der Waals surface area contributed by atoms with Gasteiger partial charge in [-0.25, -0.2) is 4.79 Å². The molecule has 4 rings (SSSR count). The molecule has 1 amide bonds. The van der Waals surface area contributed by atoms with Gasteiger partial charge in [-0.15, -0.1) is 11.8 Å². The van der Waals surface area contributed by atoms with Crippen LogP contribution in [0.15, 0.2) is 65.6 Å².